The van der Waals surface area contributed by atoms with Crippen molar-refractivity contribution in [2.24, 2.45) is 5.41 Å². The van der Waals surface area contributed by atoms with E-state index < -0.39 is 5.41 Å². The molecule has 160 valence electrons. The molecule has 9 heteroatoms. The third kappa shape index (κ3) is 6.82. The van der Waals surface area contributed by atoms with Crippen LogP contribution in [0, 0.1) is 11.2 Å². The molecule has 1 aliphatic rings. The molecule has 2 heterocycles. The van der Waals surface area contributed by atoms with E-state index in [2.05, 4.69) is 15.6 Å². The summed E-state index contributed by atoms with van der Waals surface area (Å²) >= 11 is 0. The van der Waals surface area contributed by atoms with Gasteiger partial charge < -0.3 is 20.1 Å². The highest BCUT2D eigenvalue weighted by Crippen LogP contribution is 2.29. The number of pyridine rings is 1. The molecule has 29 heavy (non-hydrogen) atoms. The van der Waals surface area contributed by atoms with Gasteiger partial charge in [-0.15, -0.1) is 24.8 Å². The Morgan fingerprint density at radius 3 is 2.62 bits per heavy atom. The van der Waals surface area contributed by atoms with Crippen LogP contribution in [0.5, 0.6) is 11.6 Å². The van der Waals surface area contributed by atoms with Crippen molar-refractivity contribution < 1.29 is 18.7 Å². The molecule has 6 nitrogen and oxygen atoms in total. The van der Waals surface area contributed by atoms with Gasteiger partial charge in [-0.25, -0.2) is 9.37 Å². The van der Waals surface area contributed by atoms with Gasteiger partial charge in [0, 0.05) is 32.0 Å². The molecule has 0 saturated carbocycles. The lowest BCUT2D eigenvalue weighted by Crippen LogP contribution is -2.49. The van der Waals surface area contributed by atoms with Gasteiger partial charge in [0.2, 0.25) is 11.8 Å². The van der Waals surface area contributed by atoms with E-state index in [0.29, 0.717) is 24.8 Å². The van der Waals surface area contributed by atoms with Crippen molar-refractivity contribution in [2.75, 3.05) is 26.8 Å². The van der Waals surface area contributed by atoms with Gasteiger partial charge in [-0.2, -0.15) is 0 Å². The number of carbonyl (C=O) groups excluding carboxylic acids is 1. The van der Waals surface area contributed by atoms with E-state index >= 15 is 0 Å². The monoisotopic (exact) mass is 445 g/mol. The first-order valence-corrected chi connectivity index (χ1v) is 8.98. The third-order valence-corrected chi connectivity index (χ3v) is 4.73. The first kappa shape index (κ1) is 25.1. The van der Waals surface area contributed by atoms with E-state index in [-0.39, 0.29) is 36.5 Å². The molecule has 1 aromatic heterocycles. The molecule has 0 spiro atoms. The highest BCUT2D eigenvalue weighted by atomic mass is 35.5. The summed E-state index contributed by atoms with van der Waals surface area (Å²) in [5.74, 6) is 0.390. The lowest BCUT2D eigenvalue weighted by Gasteiger charge is -2.35. The van der Waals surface area contributed by atoms with Crippen molar-refractivity contribution >= 4 is 30.7 Å². The molecule has 1 aromatic carbocycles. The maximum atomic E-state index is 13.2. The summed E-state index contributed by atoms with van der Waals surface area (Å²) in [5.41, 5.74) is 0.380. The topological polar surface area (TPSA) is 72.5 Å². The second kappa shape index (κ2) is 11.9. The van der Waals surface area contributed by atoms with E-state index in [4.69, 9.17) is 9.47 Å². The van der Waals surface area contributed by atoms with Gasteiger partial charge in [-0.05, 0) is 43.6 Å². The number of aromatic nitrogens is 1. The van der Waals surface area contributed by atoms with E-state index in [0.717, 1.165) is 31.5 Å². The summed E-state index contributed by atoms with van der Waals surface area (Å²) in [6.45, 7) is 2.42. The highest BCUT2D eigenvalue weighted by Gasteiger charge is 2.39. The summed E-state index contributed by atoms with van der Waals surface area (Å²) in [5, 5.41) is 6.27. The number of nitrogens with zero attached hydrogens (tertiary/aromatic N) is 1. The minimum atomic E-state index is -0.478. The normalized spacial score (nSPS) is 14.8. The quantitative estimate of drug-likeness (QED) is 0.682. The number of hydrogen-bond acceptors (Lipinski definition) is 5. The van der Waals surface area contributed by atoms with Crippen LogP contribution in [0.2, 0.25) is 0 Å². The van der Waals surface area contributed by atoms with Crippen LogP contribution < -0.4 is 15.4 Å². The minimum Gasteiger partial charge on any atom is -0.439 e. The molecule has 2 N–H and O–H groups in total. The Kier molecular flexibility index (Phi) is 10.3. The average molecular weight is 446 g/mol. The van der Waals surface area contributed by atoms with Crippen molar-refractivity contribution in [2.45, 2.75) is 19.4 Å². The number of amides is 1. The molecule has 1 aliphatic heterocycles. The predicted octanol–water partition coefficient (Wildman–Crippen LogP) is 3.49. The Labute approximate surface area is 182 Å². The number of carbonyl (C=O) groups is 1. The van der Waals surface area contributed by atoms with Crippen LogP contribution in [-0.4, -0.2) is 37.7 Å². The zero-order chi connectivity index (χ0) is 19.1. The largest absolute Gasteiger partial charge is 0.439 e. The van der Waals surface area contributed by atoms with Crippen molar-refractivity contribution in [3.8, 4) is 11.6 Å². The number of methoxy groups -OCH3 is 1. The molecule has 0 atom stereocenters. The van der Waals surface area contributed by atoms with Crippen LogP contribution >= 0.6 is 24.8 Å². The highest BCUT2D eigenvalue weighted by molar-refractivity contribution is 5.85. The molecule has 1 fully saturated rings. The van der Waals surface area contributed by atoms with Gasteiger partial charge in [0.15, 0.2) is 0 Å². The van der Waals surface area contributed by atoms with Gasteiger partial charge in [0.05, 0.1) is 12.0 Å². The fourth-order valence-electron chi connectivity index (χ4n) is 3.22. The lowest BCUT2D eigenvalue weighted by atomic mass is 9.78. The van der Waals surface area contributed by atoms with E-state index in [9.17, 15) is 9.18 Å². The van der Waals surface area contributed by atoms with Gasteiger partial charge >= 0.3 is 0 Å². The Morgan fingerprint density at radius 1 is 1.24 bits per heavy atom. The van der Waals surface area contributed by atoms with Crippen molar-refractivity contribution in [1.29, 1.82) is 0 Å². The third-order valence-electron chi connectivity index (χ3n) is 4.73. The number of rotatable bonds is 7. The molecule has 0 unspecified atom stereocenters. The van der Waals surface area contributed by atoms with Gasteiger partial charge in [0.1, 0.15) is 11.6 Å². The second-order valence-electron chi connectivity index (χ2n) is 6.71. The van der Waals surface area contributed by atoms with Crippen LogP contribution in [0.15, 0.2) is 42.6 Å². The summed E-state index contributed by atoms with van der Waals surface area (Å²) in [6, 6.07) is 9.41. The zero-order valence-corrected chi connectivity index (χ0v) is 17.8. The van der Waals surface area contributed by atoms with Crippen LogP contribution in [0.25, 0.3) is 0 Å². The second-order valence-corrected chi connectivity index (χ2v) is 6.71. The fraction of sp³-hybridized carbons (Fsp3) is 0.400. The number of hydrogen-bond donors (Lipinski definition) is 2. The molecule has 1 amide bonds. The van der Waals surface area contributed by atoms with Crippen molar-refractivity contribution in [1.82, 2.24) is 15.6 Å². The zero-order valence-electron chi connectivity index (χ0n) is 16.2. The Hall–Kier alpha value is -1.93. The smallest absolute Gasteiger partial charge is 0.228 e. The van der Waals surface area contributed by atoms with Gasteiger partial charge in [0.25, 0.3) is 0 Å². The number of benzene rings is 1. The molecule has 0 bridgehead atoms. The maximum absolute atomic E-state index is 13.2. The summed E-state index contributed by atoms with van der Waals surface area (Å²) < 4.78 is 24.0. The first-order valence-electron chi connectivity index (χ1n) is 8.98. The number of ether oxygens (including phenoxy) is 2. The molecule has 2 aromatic rings. The maximum Gasteiger partial charge on any atom is 0.228 e. The first-order chi connectivity index (χ1) is 13.1. The van der Waals surface area contributed by atoms with Crippen molar-refractivity contribution in [3.63, 3.8) is 0 Å². The molecule has 1 saturated heterocycles. The minimum absolute atomic E-state index is 0. The van der Waals surface area contributed by atoms with E-state index in [1.807, 2.05) is 6.07 Å². The SMILES string of the molecule is COCC1(C(=O)NCc2ccc(Oc3cccc(F)c3)nc2)CCNCC1.Cl.Cl. The summed E-state index contributed by atoms with van der Waals surface area (Å²) in [7, 11) is 1.62. The Balaban J connectivity index is 0.00000210. The van der Waals surface area contributed by atoms with Crippen LogP contribution in [0.1, 0.15) is 18.4 Å². The van der Waals surface area contributed by atoms with E-state index in [1.54, 1.807) is 31.5 Å². The molecule has 0 aliphatic carbocycles. The van der Waals surface area contributed by atoms with Crippen LogP contribution in [0.3, 0.4) is 0 Å². The number of piperidine rings is 1. The predicted molar refractivity (Wildman–Crippen MR) is 113 cm³/mol. The number of nitrogens with one attached hydrogen (secondary N) is 2. The molecular weight excluding hydrogens is 420 g/mol. The van der Waals surface area contributed by atoms with Gasteiger partial charge in [-0.3, -0.25) is 4.79 Å². The molecule has 0 radical (unpaired) electrons. The van der Waals surface area contributed by atoms with E-state index in [1.165, 1.54) is 12.1 Å². The van der Waals surface area contributed by atoms with Crippen LogP contribution in [-0.2, 0) is 16.1 Å². The van der Waals surface area contributed by atoms with Crippen molar-refractivity contribution in [3.05, 3.63) is 54.0 Å². The summed E-state index contributed by atoms with van der Waals surface area (Å²) in [6.07, 6.45) is 3.15. The fourth-order valence-corrected chi connectivity index (χ4v) is 3.22. The molecular formula is C20H26Cl2FN3O3. The summed E-state index contributed by atoms with van der Waals surface area (Å²) in [4.78, 5) is 16.9. The van der Waals surface area contributed by atoms with Gasteiger partial charge in [-0.1, -0.05) is 12.1 Å². The standard InChI is InChI=1S/C20H24FN3O3.2ClH/c1-26-14-20(7-9-22-10-8-20)19(25)24-13-15-5-6-18(23-12-15)27-17-4-2-3-16(21)11-17;;/h2-6,11-12,22H,7-10,13-14H2,1H3,(H,24,25);2*1H. The molecule has 3 rings (SSSR count). The average Bonchev–Trinajstić information content (AvgIpc) is 2.68. The Bertz CT molecular complexity index is 766. The number of halogens is 3. The Morgan fingerprint density at radius 2 is 2.00 bits per heavy atom. The van der Waals surface area contributed by atoms with Crippen LogP contribution in [0.4, 0.5) is 4.39 Å². The lowest BCUT2D eigenvalue weighted by molar-refractivity contribution is -0.136.